The largest absolute Gasteiger partial charge is 0.497 e. The number of esters is 1. The molecule has 0 bridgehead atoms. The van der Waals surface area contributed by atoms with Crippen LogP contribution in [0.1, 0.15) is 42.7 Å². The number of dihydropyridines is 1. The van der Waals surface area contributed by atoms with Crippen LogP contribution in [0.15, 0.2) is 65.0 Å². The molecule has 33 heavy (non-hydrogen) atoms. The zero-order valence-electron chi connectivity index (χ0n) is 19.0. The molecule has 0 saturated heterocycles. The predicted octanol–water partition coefficient (Wildman–Crippen LogP) is 4.89. The Hall–Kier alpha value is -3.25. The Morgan fingerprint density at radius 3 is 2.39 bits per heavy atom. The van der Waals surface area contributed by atoms with Crippen LogP contribution in [0.4, 0.5) is 0 Å². The molecule has 2 aliphatic rings. The zero-order valence-corrected chi connectivity index (χ0v) is 19.8. The number of ketones is 1. The second-order valence-electron chi connectivity index (χ2n) is 8.17. The number of ether oxygens (including phenoxy) is 3. The Morgan fingerprint density at radius 2 is 1.76 bits per heavy atom. The number of hydrogen-bond acceptors (Lipinski definition) is 6. The van der Waals surface area contributed by atoms with E-state index in [9.17, 15) is 9.59 Å². The van der Waals surface area contributed by atoms with Crippen molar-refractivity contribution in [1.82, 2.24) is 5.32 Å². The lowest BCUT2D eigenvalue weighted by Crippen LogP contribution is -2.36. The van der Waals surface area contributed by atoms with Gasteiger partial charge in [0, 0.05) is 40.0 Å². The van der Waals surface area contributed by atoms with Gasteiger partial charge in [-0.25, -0.2) is 4.79 Å². The van der Waals surface area contributed by atoms with Crippen LogP contribution in [0.3, 0.4) is 0 Å². The van der Waals surface area contributed by atoms with Gasteiger partial charge in [-0.3, -0.25) is 4.79 Å². The number of carbonyl (C=O) groups excluding carboxylic acids is 2. The minimum absolute atomic E-state index is 0.0134. The van der Waals surface area contributed by atoms with Gasteiger partial charge in [0.25, 0.3) is 0 Å². The quantitative estimate of drug-likeness (QED) is 0.631. The first-order chi connectivity index (χ1) is 15.9. The average Bonchev–Trinajstić information content (AvgIpc) is 2.82. The fourth-order valence-electron chi connectivity index (χ4n) is 4.76. The van der Waals surface area contributed by atoms with E-state index in [1.807, 2.05) is 37.3 Å². The van der Waals surface area contributed by atoms with E-state index in [0.29, 0.717) is 51.8 Å². The van der Waals surface area contributed by atoms with E-state index in [2.05, 4.69) is 5.32 Å². The molecule has 2 unspecified atom stereocenters. The van der Waals surface area contributed by atoms with E-state index in [4.69, 9.17) is 25.8 Å². The van der Waals surface area contributed by atoms with Crippen molar-refractivity contribution >= 4 is 23.4 Å². The van der Waals surface area contributed by atoms with Crippen LogP contribution < -0.4 is 14.8 Å². The lowest BCUT2D eigenvalue weighted by Gasteiger charge is -2.37. The second kappa shape index (κ2) is 9.32. The number of methoxy groups -OCH3 is 3. The monoisotopic (exact) mass is 467 g/mol. The van der Waals surface area contributed by atoms with Gasteiger partial charge < -0.3 is 19.5 Å². The molecule has 0 radical (unpaired) electrons. The van der Waals surface area contributed by atoms with Gasteiger partial charge in [-0.2, -0.15) is 0 Å². The summed E-state index contributed by atoms with van der Waals surface area (Å²) in [7, 11) is 4.47. The van der Waals surface area contributed by atoms with Gasteiger partial charge in [0.1, 0.15) is 11.5 Å². The first-order valence-corrected chi connectivity index (χ1v) is 11.1. The van der Waals surface area contributed by atoms with E-state index >= 15 is 0 Å². The van der Waals surface area contributed by atoms with E-state index in [1.165, 1.54) is 7.11 Å². The number of nitrogens with one attached hydrogen (secondary N) is 1. The predicted molar refractivity (Wildman–Crippen MR) is 126 cm³/mol. The molecule has 0 amide bonds. The number of rotatable bonds is 5. The highest BCUT2D eigenvalue weighted by molar-refractivity contribution is 6.30. The maximum atomic E-state index is 13.6. The lowest BCUT2D eigenvalue weighted by molar-refractivity contribution is -0.136. The highest BCUT2D eigenvalue weighted by Gasteiger charge is 2.42. The summed E-state index contributed by atoms with van der Waals surface area (Å²) < 4.78 is 16.1. The minimum atomic E-state index is -0.603. The molecule has 0 aromatic heterocycles. The Balaban J connectivity index is 1.84. The smallest absolute Gasteiger partial charge is 0.336 e. The van der Waals surface area contributed by atoms with Gasteiger partial charge in [0.2, 0.25) is 0 Å². The van der Waals surface area contributed by atoms with Gasteiger partial charge >= 0.3 is 5.97 Å². The molecule has 1 heterocycles. The van der Waals surface area contributed by atoms with Crippen molar-refractivity contribution in [3.05, 3.63) is 81.2 Å². The maximum Gasteiger partial charge on any atom is 0.336 e. The SMILES string of the molecule is COC(=O)C1=C(C)NC2=C(C(=O)CC(c3ccc(Cl)cc3)C2)C1c1ccc(OC)cc1OC. The third kappa shape index (κ3) is 4.23. The number of allylic oxidation sites excluding steroid dienone is 3. The standard InChI is InChI=1S/C26H26ClNO5/c1-14-23(26(30)33-4)24(19-10-9-18(31-2)13-22(19)32-3)25-20(28-14)11-16(12-21(25)29)15-5-7-17(27)8-6-15/h5-10,13,16,24,28H,11-12H2,1-4H3. The van der Waals surface area contributed by atoms with Gasteiger partial charge in [-0.1, -0.05) is 29.8 Å². The molecule has 6 nitrogen and oxygen atoms in total. The fourth-order valence-corrected chi connectivity index (χ4v) is 4.88. The van der Waals surface area contributed by atoms with Crippen LogP contribution in [0.5, 0.6) is 11.5 Å². The third-order valence-corrected chi connectivity index (χ3v) is 6.58. The number of halogens is 1. The van der Waals surface area contributed by atoms with E-state index in [-0.39, 0.29) is 11.7 Å². The van der Waals surface area contributed by atoms with Gasteiger partial charge in [0.15, 0.2) is 5.78 Å². The maximum absolute atomic E-state index is 13.6. The van der Waals surface area contributed by atoms with Gasteiger partial charge in [-0.15, -0.1) is 0 Å². The Labute approximate surface area is 198 Å². The Kier molecular flexibility index (Phi) is 6.47. The summed E-state index contributed by atoms with van der Waals surface area (Å²) >= 11 is 6.05. The molecule has 1 N–H and O–H groups in total. The molecular formula is C26H26ClNO5. The highest BCUT2D eigenvalue weighted by Crippen LogP contribution is 2.48. The van der Waals surface area contributed by atoms with Crippen molar-refractivity contribution in [1.29, 1.82) is 0 Å². The van der Waals surface area contributed by atoms with E-state index < -0.39 is 11.9 Å². The second-order valence-corrected chi connectivity index (χ2v) is 8.60. The van der Waals surface area contributed by atoms with Crippen LogP contribution >= 0.6 is 11.6 Å². The van der Waals surface area contributed by atoms with Crippen molar-refractivity contribution in [3.63, 3.8) is 0 Å². The first-order valence-electron chi connectivity index (χ1n) is 10.7. The molecule has 2 atom stereocenters. The van der Waals surface area contributed by atoms with Crippen LogP contribution in [0, 0.1) is 0 Å². The van der Waals surface area contributed by atoms with Crippen molar-refractivity contribution < 1.29 is 23.8 Å². The first kappa shape index (κ1) is 22.9. The van der Waals surface area contributed by atoms with Crippen molar-refractivity contribution in [2.45, 2.75) is 31.6 Å². The summed E-state index contributed by atoms with van der Waals surface area (Å²) in [6.07, 6.45) is 0.980. The molecule has 0 spiro atoms. The fraction of sp³-hybridized carbons (Fsp3) is 0.308. The summed E-state index contributed by atoms with van der Waals surface area (Å²) in [4.78, 5) is 26.4. The Morgan fingerprint density at radius 1 is 1.03 bits per heavy atom. The molecule has 1 aliphatic carbocycles. The molecular weight excluding hydrogens is 442 g/mol. The normalized spacial score (nSPS) is 20.2. The molecule has 2 aromatic carbocycles. The Bertz CT molecular complexity index is 1170. The van der Waals surface area contributed by atoms with Crippen LogP contribution in [-0.4, -0.2) is 33.1 Å². The average molecular weight is 468 g/mol. The summed E-state index contributed by atoms with van der Waals surface area (Å²) in [5.74, 6) is 0.0782. The molecule has 2 aromatic rings. The summed E-state index contributed by atoms with van der Waals surface area (Å²) in [6, 6.07) is 13.0. The topological polar surface area (TPSA) is 73.9 Å². The van der Waals surface area contributed by atoms with Crippen molar-refractivity contribution in [2.24, 2.45) is 0 Å². The van der Waals surface area contributed by atoms with Gasteiger partial charge in [-0.05, 0) is 43.0 Å². The van der Waals surface area contributed by atoms with E-state index in [1.54, 1.807) is 26.4 Å². The highest BCUT2D eigenvalue weighted by atomic mass is 35.5. The molecule has 1 aliphatic heterocycles. The minimum Gasteiger partial charge on any atom is -0.497 e. The lowest BCUT2D eigenvalue weighted by atomic mass is 9.71. The van der Waals surface area contributed by atoms with Crippen molar-refractivity contribution in [3.8, 4) is 11.5 Å². The zero-order chi connectivity index (χ0) is 23.7. The molecule has 0 fully saturated rings. The van der Waals surface area contributed by atoms with Crippen LogP contribution in [0.25, 0.3) is 0 Å². The molecule has 4 rings (SSSR count). The molecule has 7 heteroatoms. The summed E-state index contributed by atoms with van der Waals surface area (Å²) in [5, 5.41) is 3.99. The number of carbonyl (C=O) groups is 2. The third-order valence-electron chi connectivity index (χ3n) is 6.33. The van der Waals surface area contributed by atoms with Crippen molar-refractivity contribution in [2.75, 3.05) is 21.3 Å². The number of Topliss-reactive ketones (excluding diaryl/α,β-unsaturated/α-hetero) is 1. The molecule has 172 valence electrons. The van der Waals surface area contributed by atoms with Crippen LogP contribution in [-0.2, 0) is 14.3 Å². The molecule has 0 saturated carbocycles. The van der Waals surface area contributed by atoms with E-state index in [0.717, 1.165) is 11.3 Å². The van der Waals surface area contributed by atoms with Gasteiger partial charge in [0.05, 0.1) is 32.8 Å². The number of benzene rings is 2. The summed E-state index contributed by atoms with van der Waals surface area (Å²) in [6.45, 7) is 1.83. The van der Waals surface area contributed by atoms with Crippen LogP contribution in [0.2, 0.25) is 5.02 Å². The number of hydrogen-bond donors (Lipinski definition) is 1. The summed E-state index contributed by atoms with van der Waals surface area (Å²) in [5.41, 5.74) is 4.23.